The van der Waals surface area contributed by atoms with Gasteiger partial charge in [-0.25, -0.2) is 0 Å². The fourth-order valence-corrected chi connectivity index (χ4v) is 3.65. The average Bonchev–Trinajstić information content (AvgIpc) is 3.32. The Morgan fingerprint density at radius 1 is 1.12 bits per heavy atom. The molecule has 12 heteroatoms. The number of carbonyl (C=O) groups is 1. The molecule has 170 valence electrons. The monoisotopic (exact) mass is 454 g/mol. The molecule has 1 amide bonds. The number of nitrogens with one attached hydrogen (secondary N) is 1. The summed E-state index contributed by atoms with van der Waals surface area (Å²) in [6.45, 7) is 1.32. The van der Waals surface area contributed by atoms with E-state index in [-0.39, 0.29) is 11.4 Å². The van der Waals surface area contributed by atoms with Gasteiger partial charge in [0, 0.05) is 38.3 Å². The van der Waals surface area contributed by atoms with Crippen LogP contribution in [0, 0.1) is 0 Å². The molecule has 0 saturated heterocycles. The van der Waals surface area contributed by atoms with Crippen molar-refractivity contribution in [2.75, 3.05) is 0 Å². The number of alkyl halides is 5. The number of hydrogen-bond acceptors (Lipinski definition) is 4. The first kappa shape index (κ1) is 21.9. The van der Waals surface area contributed by atoms with Crippen molar-refractivity contribution in [3.05, 3.63) is 53.2 Å². The molecule has 0 fully saturated rings. The average molecular weight is 454 g/mol. The Hall–Kier alpha value is -3.31. The lowest BCUT2D eigenvalue weighted by atomic mass is 10.0. The lowest BCUT2D eigenvalue weighted by molar-refractivity contribution is -0.141. The van der Waals surface area contributed by atoms with Crippen molar-refractivity contribution < 1.29 is 26.7 Å². The molecular weight excluding hydrogens is 435 g/mol. The van der Waals surface area contributed by atoms with E-state index < -0.39 is 29.7 Å². The quantitative estimate of drug-likeness (QED) is 0.603. The number of pyridine rings is 1. The predicted octanol–water partition coefficient (Wildman–Crippen LogP) is 4.07. The maximum atomic E-state index is 13.6. The van der Waals surface area contributed by atoms with Crippen molar-refractivity contribution >= 4 is 5.91 Å². The third-order valence-corrected chi connectivity index (χ3v) is 5.24. The highest BCUT2D eigenvalue weighted by Crippen LogP contribution is 2.32. The molecule has 1 atom stereocenters. The minimum absolute atomic E-state index is 0.224. The lowest BCUT2D eigenvalue weighted by Gasteiger charge is -2.24. The highest BCUT2D eigenvalue weighted by atomic mass is 19.4. The molecule has 7 nitrogen and oxygen atoms in total. The largest absolute Gasteiger partial charge is 0.435 e. The van der Waals surface area contributed by atoms with Crippen LogP contribution in [0.15, 0.2) is 30.5 Å². The zero-order chi connectivity index (χ0) is 23.3. The molecule has 4 rings (SSSR count). The summed E-state index contributed by atoms with van der Waals surface area (Å²) in [6, 6.07) is 4.70. The minimum Gasteiger partial charge on any atom is -0.342 e. The lowest BCUT2D eigenvalue weighted by Crippen LogP contribution is -2.33. The van der Waals surface area contributed by atoms with Gasteiger partial charge in [0.15, 0.2) is 5.69 Å². The molecule has 3 aromatic rings. The van der Waals surface area contributed by atoms with E-state index in [0.717, 1.165) is 11.6 Å². The van der Waals surface area contributed by atoms with Crippen molar-refractivity contribution in [3.63, 3.8) is 0 Å². The normalized spacial score (nSPS) is 16.7. The number of aryl methyl sites for hydroxylation is 2. The number of fused-ring (bicyclic) bond motifs is 1. The Morgan fingerprint density at radius 3 is 2.53 bits per heavy atom. The van der Waals surface area contributed by atoms with Crippen molar-refractivity contribution in [1.82, 2.24) is 29.9 Å². The molecule has 1 unspecified atom stereocenters. The first-order chi connectivity index (χ1) is 14.9. The van der Waals surface area contributed by atoms with Gasteiger partial charge in [-0.15, -0.1) is 0 Å². The second-order valence-electron chi connectivity index (χ2n) is 7.70. The summed E-state index contributed by atoms with van der Waals surface area (Å²) in [7, 11) is 1.26. The fraction of sp³-hybridized carbons (Fsp3) is 0.400. The summed E-state index contributed by atoms with van der Waals surface area (Å²) in [6.07, 6.45) is -2.16. The summed E-state index contributed by atoms with van der Waals surface area (Å²) in [5.41, 5.74) is -0.235. The van der Waals surface area contributed by atoms with Crippen LogP contribution in [-0.4, -0.2) is 30.5 Å². The van der Waals surface area contributed by atoms with E-state index in [0.29, 0.717) is 42.4 Å². The summed E-state index contributed by atoms with van der Waals surface area (Å²) in [5, 5.41) is 10.6. The Morgan fingerprint density at radius 2 is 1.88 bits per heavy atom. The summed E-state index contributed by atoms with van der Waals surface area (Å²) in [5.74, 6) is -3.81. The molecule has 32 heavy (non-hydrogen) atoms. The van der Waals surface area contributed by atoms with Gasteiger partial charge in [-0.2, -0.15) is 32.1 Å². The van der Waals surface area contributed by atoms with Crippen LogP contribution in [0.25, 0.3) is 11.3 Å². The number of halogens is 5. The van der Waals surface area contributed by atoms with E-state index in [9.17, 15) is 26.7 Å². The van der Waals surface area contributed by atoms with E-state index in [2.05, 4.69) is 20.5 Å². The van der Waals surface area contributed by atoms with Gasteiger partial charge in [-0.3, -0.25) is 19.1 Å². The number of aromatic nitrogens is 5. The van der Waals surface area contributed by atoms with Gasteiger partial charge < -0.3 is 5.32 Å². The molecule has 0 aromatic carbocycles. The van der Waals surface area contributed by atoms with Crippen LogP contribution < -0.4 is 5.32 Å². The molecule has 3 aromatic heterocycles. The van der Waals surface area contributed by atoms with Crippen molar-refractivity contribution in [2.24, 2.45) is 7.05 Å². The minimum atomic E-state index is -4.66. The highest BCUT2D eigenvalue weighted by molar-refractivity contribution is 5.93. The first-order valence-corrected chi connectivity index (χ1v) is 9.78. The fourth-order valence-electron chi connectivity index (χ4n) is 3.65. The van der Waals surface area contributed by atoms with E-state index in [4.69, 9.17) is 0 Å². The standard InChI is InChI=1S/C20H19F5N6O/c1-19(21,22)16-8-11(5-6-26-16)13-9-14-12(4-3-7-31(14)28-13)27-18(32)15-10-17(20(23,24)25)29-30(15)2/h5-6,8-10,12H,3-4,7H2,1-2H3,(H,27,32). The molecule has 1 N–H and O–H groups in total. The van der Waals surface area contributed by atoms with Crippen LogP contribution in [0.2, 0.25) is 0 Å². The summed E-state index contributed by atoms with van der Waals surface area (Å²) >= 11 is 0. The van der Waals surface area contributed by atoms with Gasteiger partial charge in [0.25, 0.3) is 11.8 Å². The zero-order valence-electron chi connectivity index (χ0n) is 17.1. The van der Waals surface area contributed by atoms with E-state index in [1.54, 1.807) is 16.8 Å². The molecule has 0 aliphatic carbocycles. The van der Waals surface area contributed by atoms with Gasteiger partial charge in [0.2, 0.25) is 0 Å². The Labute approximate surface area is 179 Å². The highest BCUT2D eigenvalue weighted by Gasteiger charge is 2.36. The summed E-state index contributed by atoms with van der Waals surface area (Å²) < 4.78 is 68.5. The van der Waals surface area contributed by atoms with E-state index >= 15 is 0 Å². The van der Waals surface area contributed by atoms with Crippen LogP contribution in [0.5, 0.6) is 0 Å². The topological polar surface area (TPSA) is 77.6 Å². The van der Waals surface area contributed by atoms with Gasteiger partial charge in [0.05, 0.1) is 17.4 Å². The Kier molecular flexibility index (Phi) is 5.25. The number of amides is 1. The number of rotatable bonds is 4. The van der Waals surface area contributed by atoms with Crippen LogP contribution >= 0.6 is 0 Å². The van der Waals surface area contributed by atoms with Crippen molar-refractivity contribution in [1.29, 1.82) is 0 Å². The van der Waals surface area contributed by atoms with Gasteiger partial charge in [-0.1, -0.05) is 0 Å². The molecular formula is C20H19F5N6O. The second kappa shape index (κ2) is 7.68. The van der Waals surface area contributed by atoms with Crippen molar-refractivity contribution in [3.8, 4) is 11.3 Å². The molecule has 0 saturated carbocycles. The Balaban J connectivity index is 1.60. The zero-order valence-corrected chi connectivity index (χ0v) is 17.1. The number of hydrogen-bond donors (Lipinski definition) is 1. The Bertz CT molecular complexity index is 1160. The van der Waals surface area contributed by atoms with E-state index in [1.807, 2.05) is 0 Å². The van der Waals surface area contributed by atoms with Crippen LogP contribution in [-0.2, 0) is 25.7 Å². The third-order valence-electron chi connectivity index (χ3n) is 5.24. The van der Waals surface area contributed by atoms with Crippen LogP contribution in [0.1, 0.15) is 53.4 Å². The van der Waals surface area contributed by atoms with Crippen LogP contribution in [0.3, 0.4) is 0 Å². The summed E-state index contributed by atoms with van der Waals surface area (Å²) in [4.78, 5) is 16.4. The smallest absolute Gasteiger partial charge is 0.342 e. The van der Waals surface area contributed by atoms with Gasteiger partial charge in [0.1, 0.15) is 11.4 Å². The predicted molar refractivity (Wildman–Crippen MR) is 103 cm³/mol. The maximum absolute atomic E-state index is 13.6. The first-order valence-electron chi connectivity index (χ1n) is 9.78. The SMILES string of the molecule is Cn1nc(C(F)(F)F)cc1C(=O)NC1CCCn2nc(-c3ccnc(C(C)(F)F)c3)cc21. The number of nitrogens with zero attached hydrogens (tertiary/aromatic N) is 5. The van der Waals surface area contributed by atoms with Gasteiger partial charge >= 0.3 is 6.18 Å². The van der Waals surface area contributed by atoms with E-state index in [1.165, 1.54) is 19.3 Å². The molecule has 1 aliphatic rings. The maximum Gasteiger partial charge on any atom is 0.435 e. The van der Waals surface area contributed by atoms with Crippen LogP contribution in [0.4, 0.5) is 22.0 Å². The molecule has 0 radical (unpaired) electrons. The third kappa shape index (κ3) is 4.21. The second-order valence-corrected chi connectivity index (χ2v) is 7.70. The van der Waals surface area contributed by atoms with Gasteiger partial charge in [-0.05, 0) is 31.0 Å². The molecule has 0 bridgehead atoms. The number of carbonyl (C=O) groups excluding carboxylic acids is 1. The molecule has 4 heterocycles. The van der Waals surface area contributed by atoms with Crippen molar-refractivity contribution in [2.45, 2.75) is 44.5 Å². The molecule has 1 aliphatic heterocycles. The molecule has 0 spiro atoms.